The molecule has 0 radical (unpaired) electrons. The van der Waals surface area contributed by atoms with E-state index in [1.54, 1.807) is 21.1 Å². The molecule has 0 aliphatic rings. The zero-order chi connectivity index (χ0) is 13.0. The highest BCUT2D eigenvalue weighted by atomic mass is 16.5. The number of hydrogen-bond donors (Lipinski definition) is 0. The lowest BCUT2D eigenvalue weighted by atomic mass is 9.92. The third kappa shape index (κ3) is 2.99. The fourth-order valence-corrected chi connectivity index (χ4v) is 2.06. The van der Waals surface area contributed by atoms with Crippen molar-refractivity contribution in [3.05, 3.63) is 23.3 Å². The maximum absolute atomic E-state index is 11.4. The number of ketones is 1. The van der Waals surface area contributed by atoms with Gasteiger partial charge in [-0.2, -0.15) is 0 Å². The predicted octanol–water partition coefficient (Wildman–Crippen LogP) is 2.96. The molecule has 0 unspecified atom stereocenters. The Bertz CT molecular complexity index is 408. The van der Waals surface area contributed by atoms with Gasteiger partial charge in [-0.25, -0.2) is 0 Å². The van der Waals surface area contributed by atoms with Gasteiger partial charge in [0, 0.05) is 17.5 Å². The van der Waals surface area contributed by atoms with E-state index < -0.39 is 0 Å². The van der Waals surface area contributed by atoms with Crippen molar-refractivity contribution >= 4 is 5.78 Å². The Hall–Kier alpha value is -1.51. The average Bonchev–Trinajstić information content (AvgIpc) is 2.27. The standard InChI is InChI=1S/C14H20O3/c1-9(2)14-11(8-10(3)15)12(16-4)6-7-13(14)17-5/h6-7,9H,8H2,1-5H3. The molecule has 0 spiro atoms. The summed E-state index contributed by atoms with van der Waals surface area (Å²) in [5, 5.41) is 0. The van der Waals surface area contributed by atoms with Crippen molar-refractivity contribution in [1.29, 1.82) is 0 Å². The highest BCUT2D eigenvalue weighted by Gasteiger charge is 2.18. The molecule has 0 saturated heterocycles. The molecule has 94 valence electrons. The second kappa shape index (κ2) is 5.71. The first-order valence-electron chi connectivity index (χ1n) is 5.74. The monoisotopic (exact) mass is 236 g/mol. The van der Waals surface area contributed by atoms with Crippen LogP contribution in [-0.2, 0) is 11.2 Å². The van der Waals surface area contributed by atoms with Gasteiger partial charge in [-0.3, -0.25) is 4.79 Å². The number of carbonyl (C=O) groups excluding carboxylic acids is 1. The third-order valence-corrected chi connectivity index (χ3v) is 2.72. The van der Waals surface area contributed by atoms with E-state index >= 15 is 0 Å². The van der Waals surface area contributed by atoms with E-state index in [0.29, 0.717) is 6.42 Å². The van der Waals surface area contributed by atoms with Crippen LogP contribution in [0.25, 0.3) is 0 Å². The lowest BCUT2D eigenvalue weighted by Gasteiger charge is -2.19. The van der Waals surface area contributed by atoms with Crippen LogP contribution in [0.1, 0.15) is 37.8 Å². The molecule has 0 bridgehead atoms. The zero-order valence-electron chi connectivity index (χ0n) is 11.2. The predicted molar refractivity (Wildman–Crippen MR) is 68.0 cm³/mol. The Labute approximate surface area is 103 Å². The minimum Gasteiger partial charge on any atom is -0.496 e. The molecular formula is C14H20O3. The Morgan fingerprint density at radius 3 is 2.12 bits per heavy atom. The molecule has 0 saturated carbocycles. The van der Waals surface area contributed by atoms with Gasteiger partial charge in [-0.15, -0.1) is 0 Å². The molecule has 0 aliphatic carbocycles. The summed E-state index contributed by atoms with van der Waals surface area (Å²) in [6.07, 6.45) is 0.383. The molecule has 0 aromatic heterocycles. The van der Waals surface area contributed by atoms with Crippen molar-refractivity contribution < 1.29 is 14.3 Å². The first-order chi connectivity index (χ1) is 8.01. The Balaban J connectivity index is 3.40. The molecule has 17 heavy (non-hydrogen) atoms. The van der Waals surface area contributed by atoms with Gasteiger partial charge in [-0.1, -0.05) is 13.8 Å². The molecule has 1 rings (SSSR count). The molecule has 3 heteroatoms. The maximum Gasteiger partial charge on any atom is 0.134 e. The van der Waals surface area contributed by atoms with Crippen molar-refractivity contribution in [3.63, 3.8) is 0 Å². The first kappa shape index (κ1) is 13.6. The Morgan fingerprint density at radius 2 is 1.71 bits per heavy atom. The van der Waals surface area contributed by atoms with E-state index in [1.165, 1.54) is 0 Å². The highest BCUT2D eigenvalue weighted by molar-refractivity contribution is 5.80. The van der Waals surface area contributed by atoms with E-state index in [-0.39, 0.29) is 11.7 Å². The van der Waals surface area contributed by atoms with Gasteiger partial charge in [-0.05, 0) is 25.0 Å². The third-order valence-electron chi connectivity index (χ3n) is 2.72. The van der Waals surface area contributed by atoms with E-state index in [2.05, 4.69) is 13.8 Å². The summed E-state index contributed by atoms with van der Waals surface area (Å²) in [4.78, 5) is 11.4. The molecule has 0 aliphatic heterocycles. The van der Waals surface area contributed by atoms with Crippen LogP contribution in [0, 0.1) is 0 Å². The number of benzene rings is 1. The number of rotatable bonds is 5. The smallest absolute Gasteiger partial charge is 0.134 e. The van der Waals surface area contributed by atoms with Gasteiger partial charge < -0.3 is 9.47 Å². The van der Waals surface area contributed by atoms with Crippen LogP contribution in [0.15, 0.2) is 12.1 Å². The zero-order valence-corrected chi connectivity index (χ0v) is 11.2. The van der Waals surface area contributed by atoms with Crippen molar-refractivity contribution in [2.75, 3.05) is 14.2 Å². The maximum atomic E-state index is 11.4. The molecule has 3 nitrogen and oxygen atoms in total. The largest absolute Gasteiger partial charge is 0.496 e. The minimum atomic E-state index is 0.124. The molecule has 0 amide bonds. The lowest BCUT2D eigenvalue weighted by molar-refractivity contribution is -0.116. The quantitative estimate of drug-likeness (QED) is 0.788. The van der Waals surface area contributed by atoms with Gasteiger partial charge in [0.25, 0.3) is 0 Å². The SMILES string of the molecule is COc1ccc(OC)c(C(C)C)c1CC(C)=O. The minimum absolute atomic E-state index is 0.124. The van der Waals surface area contributed by atoms with Crippen LogP contribution in [0.4, 0.5) is 0 Å². The topological polar surface area (TPSA) is 35.5 Å². The van der Waals surface area contributed by atoms with Crippen LogP contribution < -0.4 is 9.47 Å². The van der Waals surface area contributed by atoms with Gasteiger partial charge in [0.2, 0.25) is 0 Å². The second-order valence-corrected chi connectivity index (χ2v) is 4.40. The van der Waals surface area contributed by atoms with Crippen LogP contribution in [0.5, 0.6) is 11.5 Å². The molecule has 0 atom stereocenters. The average molecular weight is 236 g/mol. The summed E-state index contributed by atoms with van der Waals surface area (Å²) in [7, 11) is 3.26. The number of carbonyl (C=O) groups is 1. The van der Waals surface area contributed by atoms with Crippen molar-refractivity contribution in [3.8, 4) is 11.5 Å². The van der Waals surface area contributed by atoms with E-state index in [4.69, 9.17) is 9.47 Å². The summed E-state index contributed by atoms with van der Waals surface area (Å²) in [5.74, 6) is 1.98. The Kier molecular flexibility index (Phi) is 4.55. The fourth-order valence-electron chi connectivity index (χ4n) is 2.06. The van der Waals surface area contributed by atoms with Crippen molar-refractivity contribution in [2.45, 2.75) is 33.1 Å². The van der Waals surface area contributed by atoms with Gasteiger partial charge in [0.1, 0.15) is 17.3 Å². The molecule has 0 fully saturated rings. The van der Waals surface area contributed by atoms with Crippen LogP contribution in [0.3, 0.4) is 0 Å². The first-order valence-corrected chi connectivity index (χ1v) is 5.74. The molecule has 0 heterocycles. The molecular weight excluding hydrogens is 216 g/mol. The number of methoxy groups -OCH3 is 2. The van der Waals surface area contributed by atoms with E-state index in [0.717, 1.165) is 22.6 Å². The summed E-state index contributed by atoms with van der Waals surface area (Å²) in [6, 6.07) is 3.74. The van der Waals surface area contributed by atoms with Crippen molar-refractivity contribution in [2.24, 2.45) is 0 Å². The van der Waals surface area contributed by atoms with E-state index in [1.807, 2.05) is 12.1 Å². The molecule has 1 aromatic carbocycles. The van der Waals surface area contributed by atoms with Crippen LogP contribution in [-0.4, -0.2) is 20.0 Å². The number of Topliss-reactive ketones (excluding diaryl/α,β-unsaturated/α-hetero) is 1. The van der Waals surface area contributed by atoms with Crippen LogP contribution in [0.2, 0.25) is 0 Å². The Morgan fingerprint density at radius 1 is 1.18 bits per heavy atom. The van der Waals surface area contributed by atoms with Crippen molar-refractivity contribution in [1.82, 2.24) is 0 Å². The van der Waals surface area contributed by atoms with Gasteiger partial charge in [0.15, 0.2) is 0 Å². The van der Waals surface area contributed by atoms with Gasteiger partial charge in [0.05, 0.1) is 14.2 Å². The van der Waals surface area contributed by atoms with Gasteiger partial charge >= 0.3 is 0 Å². The highest BCUT2D eigenvalue weighted by Crippen LogP contribution is 2.36. The second-order valence-electron chi connectivity index (χ2n) is 4.40. The summed E-state index contributed by atoms with van der Waals surface area (Å²) < 4.78 is 10.7. The summed E-state index contributed by atoms with van der Waals surface area (Å²) in [6.45, 7) is 5.75. The summed E-state index contributed by atoms with van der Waals surface area (Å²) in [5.41, 5.74) is 2.00. The molecule has 0 N–H and O–H groups in total. The summed E-state index contributed by atoms with van der Waals surface area (Å²) >= 11 is 0. The number of ether oxygens (including phenoxy) is 2. The number of hydrogen-bond acceptors (Lipinski definition) is 3. The molecule has 1 aromatic rings. The van der Waals surface area contributed by atoms with Crippen LogP contribution >= 0.6 is 0 Å². The van der Waals surface area contributed by atoms with E-state index in [9.17, 15) is 4.79 Å². The normalized spacial score (nSPS) is 10.5. The fraction of sp³-hybridized carbons (Fsp3) is 0.500. The lowest BCUT2D eigenvalue weighted by Crippen LogP contribution is -2.07.